The van der Waals surface area contributed by atoms with Crippen molar-refractivity contribution in [3.63, 3.8) is 0 Å². The van der Waals surface area contributed by atoms with Gasteiger partial charge in [-0.1, -0.05) is 0 Å². The Labute approximate surface area is 120 Å². The lowest BCUT2D eigenvalue weighted by Crippen LogP contribution is -2.02. The third kappa shape index (κ3) is 2.15. The SMILES string of the molecule is Cc1scnc1C1=CC(=O)c2cc(OCCO)ccc21. The van der Waals surface area contributed by atoms with Crippen LogP contribution in [0.2, 0.25) is 0 Å². The number of aromatic nitrogens is 1. The highest BCUT2D eigenvalue weighted by atomic mass is 32.1. The van der Waals surface area contributed by atoms with Gasteiger partial charge in [0.2, 0.25) is 0 Å². The van der Waals surface area contributed by atoms with Gasteiger partial charge in [-0.15, -0.1) is 11.3 Å². The molecule has 2 aromatic rings. The van der Waals surface area contributed by atoms with Crippen LogP contribution < -0.4 is 4.74 Å². The van der Waals surface area contributed by atoms with E-state index in [1.165, 1.54) is 0 Å². The smallest absolute Gasteiger partial charge is 0.187 e. The van der Waals surface area contributed by atoms with Crippen molar-refractivity contribution >= 4 is 22.7 Å². The zero-order chi connectivity index (χ0) is 14.1. The third-order valence-corrected chi connectivity index (χ3v) is 3.94. The molecule has 0 unspecified atom stereocenters. The van der Waals surface area contributed by atoms with E-state index in [1.54, 1.807) is 29.0 Å². The van der Waals surface area contributed by atoms with Gasteiger partial charge in [-0.2, -0.15) is 0 Å². The van der Waals surface area contributed by atoms with Gasteiger partial charge in [-0.05, 0) is 36.8 Å². The molecule has 102 valence electrons. The largest absolute Gasteiger partial charge is 0.491 e. The highest BCUT2D eigenvalue weighted by Crippen LogP contribution is 2.36. The van der Waals surface area contributed by atoms with E-state index in [0.29, 0.717) is 11.3 Å². The Kier molecular flexibility index (Phi) is 3.38. The number of ether oxygens (including phenoxy) is 1. The van der Waals surface area contributed by atoms with E-state index in [-0.39, 0.29) is 19.0 Å². The first-order valence-electron chi connectivity index (χ1n) is 6.25. The predicted octanol–water partition coefficient (Wildman–Crippen LogP) is 2.45. The molecular formula is C15H13NO3S. The van der Waals surface area contributed by atoms with Crippen LogP contribution in [0, 0.1) is 6.92 Å². The van der Waals surface area contributed by atoms with E-state index in [9.17, 15) is 4.79 Å². The number of aliphatic hydroxyl groups excluding tert-OH is 1. The number of carbonyl (C=O) groups excluding carboxylic acids is 1. The van der Waals surface area contributed by atoms with Crippen LogP contribution in [-0.2, 0) is 0 Å². The highest BCUT2D eigenvalue weighted by Gasteiger charge is 2.24. The second kappa shape index (κ2) is 5.19. The molecule has 1 N–H and O–H groups in total. The Balaban J connectivity index is 2.00. The molecule has 0 bridgehead atoms. The summed E-state index contributed by atoms with van der Waals surface area (Å²) in [6.45, 7) is 2.17. The normalized spacial score (nSPS) is 13.3. The first-order valence-corrected chi connectivity index (χ1v) is 7.13. The van der Waals surface area contributed by atoms with E-state index < -0.39 is 0 Å². The molecule has 1 aromatic heterocycles. The number of rotatable bonds is 4. The number of ketones is 1. The fraction of sp³-hybridized carbons (Fsp3) is 0.200. The summed E-state index contributed by atoms with van der Waals surface area (Å²) in [5.74, 6) is 0.563. The van der Waals surface area contributed by atoms with Crippen LogP contribution >= 0.6 is 11.3 Å². The van der Waals surface area contributed by atoms with Crippen LogP contribution in [0.4, 0.5) is 0 Å². The minimum absolute atomic E-state index is 0.0307. The Bertz CT molecular complexity index is 703. The van der Waals surface area contributed by atoms with E-state index in [4.69, 9.17) is 9.84 Å². The van der Waals surface area contributed by atoms with Crippen molar-refractivity contribution in [1.82, 2.24) is 4.98 Å². The highest BCUT2D eigenvalue weighted by molar-refractivity contribution is 7.09. The van der Waals surface area contributed by atoms with Gasteiger partial charge < -0.3 is 9.84 Å². The zero-order valence-electron chi connectivity index (χ0n) is 10.9. The number of carbonyl (C=O) groups is 1. The van der Waals surface area contributed by atoms with Crippen LogP contribution in [0.15, 0.2) is 29.8 Å². The molecule has 3 rings (SSSR count). The summed E-state index contributed by atoms with van der Waals surface area (Å²) < 4.78 is 5.34. The number of hydrogen-bond acceptors (Lipinski definition) is 5. The summed E-state index contributed by atoms with van der Waals surface area (Å²) in [6.07, 6.45) is 1.63. The molecule has 0 atom stereocenters. The molecule has 1 aliphatic carbocycles. The number of thiazole rings is 1. The van der Waals surface area contributed by atoms with Crippen LogP contribution in [-0.4, -0.2) is 29.1 Å². The van der Waals surface area contributed by atoms with Gasteiger partial charge in [0.05, 0.1) is 17.8 Å². The monoisotopic (exact) mass is 287 g/mol. The number of aryl methyl sites for hydroxylation is 1. The quantitative estimate of drug-likeness (QED) is 0.938. The first kappa shape index (κ1) is 13.0. The summed E-state index contributed by atoms with van der Waals surface area (Å²) >= 11 is 1.57. The van der Waals surface area contributed by atoms with E-state index in [1.807, 2.05) is 19.1 Å². The zero-order valence-corrected chi connectivity index (χ0v) is 11.7. The predicted molar refractivity (Wildman–Crippen MR) is 77.3 cm³/mol. The molecule has 1 aliphatic rings. The maximum Gasteiger partial charge on any atom is 0.187 e. The maximum absolute atomic E-state index is 12.1. The summed E-state index contributed by atoms with van der Waals surface area (Å²) in [4.78, 5) is 17.5. The van der Waals surface area contributed by atoms with Crippen LogP contribution in [0.25, 0.3) is 5.57 Å². The Morgan fingerprint density at radius 2 is 2.20 bits per heavy atom. The first-order chi connectivity index (χ1) is 9.70. The summed E-state index contributed by atoms with van der Waals surface area (Å²) in [6, 6.07) is 5.40. The van der Waals surface area contributed by atoms with E-state index >= 15 is 0 Å². The van der Waals surface area contributed by atoms with Gasteiger partial charge in [0, 0.05) is 16.0 Å². The van der Waals surface area contributed by atoms with Gasteiger partial charge in [-0.3, -0.25) is 4.79 Å². The molecule has 1 heterocycles. The van der Waals surface area contributed by atoms with Crippen molar-refractivity contribution in [2.45, 2.75) is 6.92 Å². The van der Waals surface area contributed by atoms with E-state index in [0.717, 1.165) is 21.7 Å². The van der Waals surface area contributed by atoms with Crippen molar-refractivity contribution in [3.05, 3.63) is 51.5 Å². The topological polar surface area (TPSA) is 59.4 Å². The number of hydrogen-bond donors (Lipinski definition) is 1. The van der Waals surface area contributed by atoms with Gasteiger partial charge in [0.25, 0.3) is 0 Å². The molecule has 0 saturated heterocycles. The number of allylic oxidation sites excluding steroid dienone is 1. The van der Waals surface area contributed by atoms with Crippen molar-refractivity contribution < 1.29 is 14.6 Å². The Morgan fingerprint density at radius 3 is 2.90 bits per heavy atom. The van der Waals surface area contributed by atoms with Gasteiger partial charge in [0.15, 0.2) is 5.78 Å². The number of fused-ring (bicyclic) bond motifs is 1. The Morgan fingerprint density at radius 1 is 1.35 bits per heavy atom. The molecule has 0 spiro atoms. The molecule has 0 amide bonds. The van der Waals surface area contributed by atoms with Gasteiger partial charge in [0.1, 0.15) is 12.4 Å². The third-order valence-electron chi connectivity index (χ3n) is 3.18. The number of benzene rings is 1. The standard InChI is InChI=1S/C15H13NO3S/c1-9-15(16-8-20-9)13-7-14(18)12-6-10(19-5-4-17)2-3-11(12)13/h2-3,6-8,17H,4-5H2,1H3. The van der Waals surface area contributed by atoms with Crippen LogP contribution in [0.3, 0.4) is 0 Å². The maximum atomic E-state index is 12.1. The second-order valence-corrected chi connectivity index (χ2v) is 5.52. The van der Waals surface area contributed by atoms with Crippen LogP contribution in [0.5, 0.6) is 5.75 Å². The van der Waals surface area contributed by atoms with E-state index in [2.05, 4.69) is 4.98 Å². The summed E-state index contributed by atoms with van der Waals surface area (Å²) in [7, 11) is 0. The lowest BCUT2D eigenvalue weighted by atomic mass is 10.0. The average Bonchev–Trinajstić information content (AvgIpc) is 3.00. The summed E-state index contributed by atoms with van der Waals surface area (Å²) in [5, 5.41) is 8.76. The molecule has 0 saturated carbocycles. The molecule has 0 aliphatic heterocycles. The lowest BCUT2D eigenvalue weighted by Gasteiger charge is -2.08. The fourth-order valence-electron chi connectivity index (χ4n) is 2.26. The fourth-order valence-corrected chi connectivity index (χ4v) is 2.85. The van der Waals surface area contributed by atoms with Gasteiger partial charge in [-0.25, -0.2) is 4.98 Å². The van der Waals surface area contributed by atoms with Crippen molar-refractivity contribution in [2.24, 2.45) is 0 Å². The molecule has 1 aromatic carbocycles. The molecule has 20 heavy (non-hydrogen) atoms. The average molecular weight is 287 g/mol. The van der Waals surface area contributed by atoms with Crippen molar-refractivity contribution in [1.29, 1.82) is 0 Å². The summed E-state index contributed by atoms with van der Waals surface area (Å²) in [5.41, 5.74) is 5.04. The van der Waals surface area contributed by atoms with Gasteiger partial charge >= 0.3 is 0 Å². The second-order valence-electron chi connectivity index (χ2n) is 4.46. The molecule has 4 nitrogen and oxygen atoms in total. The van der Waals surface area contributed by atoms with Crippen molar-refractivity contribution in [2.75, 3.05) is 13.2 Å². The molecular weight excluding hydrogens is 274 g/mol. The molecule has 0 fully saturated rings. The Hall–Kier alpha value is -1.98. The number of aliphatic hydroxyl groups is 1. The molecule has 5 heteroatoms. The minimum atomic E-state index is -0.0491. The lowest BCUT2D eigenvalue weighted by molar-refractivity contribution is 0.104. The van der Waals surface area contributed by atoms with Crippen molar-refractivity contribution in [3.8, 4) is 5.75 Å². The minimum Gasteiger partial charge on any atom is -0.491 e. The molecule has 0 radical (unpaired) electrons. The van der Waals surface area contributed by atoms with Crippen LogP contribution in [0.1, 0.15) is 26.5 Å². The number of nitrogens with zero attached hydrogens (tertiary/aromatic N) is 1.